The summed E-state index contributed by atoms with van der Waals surface area (Å²) in [7, 11) is 2.05. The van der Waals surface area contributed by atoms with Gasteiger partial charge in [-0.2, -0.15) is 0 Å². The lowest BCUT2D eigenvalue weighted by molar-refractivity contribution is -0.885. The topological polar surface area (TPSA) is 33.5 Å². The molecule has 0 heterocycles. The minimum absolute atomic E-state index is 0.0498. The fourth-order valence-electron chi connectivity index (χ4n) is 2.65. The maximum absolute atomic E-state index is 12.3. The van der Waals surface area contributed by atoms with E-state index >= 15 is 0 Å². The van der Waals surface area contributed by atoms with Crippen molar-refractivity contribution in [2.24, 2.45) is 0 Å². The number of nitrogens with one attached hydrogen (secondary N) is 2. The highest BCUT2D eigenvalue weighted by Gasteiger charge is 2.13. The van der Waals surface area contributed by atoms with Crippen LogP contribution in [0, 0.1) is 13.8 Å². The fraction of sp³-hybridized carbons (Fsp3) is 0.316. The van der Waals surface area contributed by atoms with E-state index in [9.17, 15) is 4.79 Å². The molecule has 0 saturated heterocycles. The molecule has 0 aliphatic heterocycles. The van der Waals surface area contributed by atoms with Crippen LogP contribution in [-0.4, -0.2) is 25.8 Å². The van der Waals surface area contributed by atoms with Crippen molar-refractivity contribution in [3.8, 4) is 0 Å². The number of rotatable bonds is 6. The predicted molar refractivity (Wildman–Crippen MR) is 98.2 cm³/mol. The molecule has 2 aromatic rings. The highest BCUT2D eigenvalue weighted by atomic mass is 32.2. The molecule has 0 aliphatic carbocycles. The van der Waals surface area contributed by atoms with Gasteiger partial charge in [0.1, 0.15) is 6.54 Å². The Bertz CT molecular complexity index is 685. The van der Waals surface area contributed by atoms with E-state index in [1.54, 1.807) is 11.8 Å². The van der Waals surface area contributed by atoms with Crippen LogP contribution in [0.25, 0.3) is 0 Å². The van der Waals surface area contributed by atoms with Crippen molar-refractivity contribution in [2.75, 3.05) is 25.2 Å². The molecule has 0 fully saturated rings. The number of quaternary nitrogens is 1. The average Bonchev–Trinajstić information content (AvgIpc) is 2.50. The Morgan fingerprint density at radius 1 is 1.17 bits per heavy atom. The Balaban J connectivity index is 1.94. The van der Waals surface area contributed by atoms with Crippen LogP contribution in [0.4, 0.5) is 5.69 Å². The van der Waals surface area contributed by atoms with Crippen LogP contribution in [-0.2, 0) is 11.3 Å². The van der Waals surface area contributed by atoms with Crippen molar-refractivity contribution in [3.63, 3.8) is 0 Å². The van der Waals surface area contributed by atoms with Crippen LogP contribution >= 0.6 is 11.8 Å². The van der Waals surface area contributed by atoms with Gasteiger partial charge in [-0.1, -0.05) is 35.9 Å². The highest BCUT2D eigenvalue weighted by Crippen LogP contribution is 2.24. The standard InChI is InChI=1S/C19H24N2OS/c1-14-9-10-16(15(2)11-14)12-21(3)13-19(22)20-17-7-5-6-8-18(17)23-4/h5-11H,12-13H2,1-4H3,(H,20,22)/p+1. The molecule has 0 aliphatic rings. The van der Waals surface area contributed by atoms with Crippen molar-refractivity contribution in [1.82, 2.24) is 0 Å². The number of thioether (sulfide) groups is 1. The van der Waals surface area contributed by atoms with Gasteiger partial charge in [-0.25, -0.2) is 0 Å². The number of hydrogen-bond donors (Lipinski definition) is 2. The number of para-hydroxylation sites is 1. The summed E-state index contributed by atoms with van der Waals surface area (Å²) in [5.74, 6) is 0.0498. The van der Waals surface area contributed by atoms with Gasteiger partial charge in [0.05, 0.1) is 12.7 Å². The first-order valence-corrected chi connectivity index (χ1v) is 9.02. The Hall–Kier alpha value is -1.78. The molecule has 0 bridgehead atoms. The van der Waals surface area contributed by atoms with Crippen LogP contribution < -0.4 is 10.2 Å². The molecule has 1 amide bonds. The maximum atomic E-state index is 12.3. The van der Waals surface area contributed by atoms with Gasteiger partial charge < -0.3 is 10.2 Å². The van der Waals surface area contributed by atoms with Gasteiger partial charge in [0.2, 0.25) is 0 Å². The van der Waals surface area contributed by atoms with Gasteiger partial charge in [-0.05, 0) is 37.8 Å². The molecule has 122 valence electrons. The quantitative estimate of drug-likeness (QED) is 0.799. The first-order chi connectivity index (χ1) is 11.0. The summed E-state index contributed by atoms with van der Waals surface area (Å²) in [6, 6.07) is 14.4. The van der Waals surface area contributed by atoms with Gasteiger partial charge in [-0.3, -0.25) is 4.79 Å². The molecule has 1 atom stereocenters. The second-order valence-electron chi connectivity index (χ2n) is 5.99. The molecule has 1 unspecified atom stereocenters. The summed E-state index contributed by atoms with van der Waals surface area (Å²) in [6.45, 7) is 5.54. The van der Waals surface area contributed by atoms with Crippen LogP contribution in [0.15, 0.2) is 47.4 Å². The number of amides is 1. The van der Waals surface area contributed by atoms with Crippen LogP contribution in [0.5, 0.6) is 0 Å². The zero-order chi connectivity index (χ0) is 16.8. The van der Waals surface area contributed by atoms with E-state index in [4.69, 9.17) is 0 Å². The molecule has 0 aromatic heterocycles. The van der Waals surface area contributed by atoms with E-state index in [2.05, 4.69) is 44.4 Å². The lowest BCUT2D eigenvalue weighted by Gasteiger charge is -2.16. The lowest BCUT2D eigenvalue weighted by atomic mass is 10.1. The summed E-state index contributed by atoms with van der Waals surface area (Å²) >= 11 is 1.64. The average molecular weight is 329 g/mol. The molecule has 0 radical (unpaired) electrons. The first-order valence-electron chi connectivity index (χ1n) is 7.80. The number of likely N-dealkylation sites (N-methyl/N-ethyl adjacent to an activating group) is 1. The Labute approximate surface area is 143 Å². The van der Waals surface area contributed by atoms with Crippen molar-refractivity contribution in [3.05, 3.63) is 59.2 Å². The summed E-state index contributed by atoms with van der Waals surface area (Å²) in [5.41, 5.74) is 4.75. The first kappa shape index (κ1) is 17.6. The van der Waals surface area contributed by atoms with Gasteiger partial charge in [0.15, 0.2) is 6.54 Å². The van der Waals surface area contributed by atoms with Crippen molar-refractivity contribution < 1.29 is 9.69 Å². The lowest BCUT2D eigenvalue weighted by Crippen LogP contribution is -3.08. The summed E-state index contributed by atoms with van der Waals surface area (Å²) in [6.07, 6.45) is 2.02. The van der Waals surface area contributed by atoms with E-state index in [1.165, 1.54) is 21.6 Å². The monoisotopic (exact) mass is 329 g/mol. The predicted octanol–water partition coefficient (Wildman–Crippen LogP) is 2.68. The van der Waals surface area contributed by atoms with Gasteiger partial charge in [0.25, 0.3) is 5.91 Å². The molecular formula is C19H25N2OS+. The van der Waals surface area contributed by atoms with E-state index in [0.717, 1.165) is 17.1 Å². The van der Waals surface area contributed by atoms with E-state index < -0.39 is 0 Å². The molecule has 4 heteroatoms. The van der Waals surface area contributed by atoms with E-state index in [-0.39, 0.29) is 5.91 Å². The number of hydrogen-bond acceptors (Lipinski definition) is 2. The number of benzene rings is 2. The number of anilines is 1. The normalized spacial score (nSPS) is 12.0. The summed E-state index contributed by atoms with van der Waals surface area (Å²) < 4.78 is 0. The third kappa shape index (κ3) is 5.12. The smallest absolute Gasteiger partial charge is 0.279 e. The van der Waals surface area contributed by atoms with Crippen molar-refractivity contribution in [1.29, 1.82) is 0 Å². The molecular weight excluding hydrogens is 304 g/mol. The molecule has 0 spiro atoms. The number of carbonyl (C=O) groups is 1. The van der Waals surface area contributed by atoms with Crippen LogP contribution in [0.1, 0.15) is 16.7 Å². The SMILES string of the molecule is CSc1ccccc1NC(=O)C[NH+](C)Cc1ccc(C)cc1C. The van der Waals surface area contributed by atoms with Crippen molar-refractivity contribution in [2.45, 2.75) is 25.3 Å². The summed E-state index contributed by atoms with van der Waals surface area (Å²) in [5, 5.41) is 3.02. The molecule has 2 aromatic carbocycles. The maximum Gasteiger partial charge on any atom is 0.279 e. The molecule has 23 heavy (non-hydrogen) atoms. The van der Waals surface area contributed by atoms with E-state index in [0.29, 0.717) is 6.54 Å². The molecule has 2 N–H and O–H groups in total. The summed E-state index contributed by atoms with van der Waals surface area (Å²) in [4.78, 5) is 14.5. The minimum atomic E-state index is 0.0498. The van der Waals surface area contributed by atoms with Gasteiger partial charge in [-0.15, -0.1) is 11.8 Å². The molecule has 0 saturated carbocycles. The third-order valence-electron chi connectivity index (χ3n) is 3.83. The highest BCUT2D eigenvalue weighted by molar-refractivity contribution is 7.98. The zero-order valence-corrected chi connectivity index (χ0v) is 15.1. The Kier molecular flexibility index (Phi) is 6.25. The second-order valence-corrected chi connectivity index (χ2v) is 6.84. The fourth-order valence-corrected chi connectivity index (χ4v) is 3.20. The van der Waals surface area contributed by atoms with Gasteiger partial charge in [0, 0.05) is 10.5 Å². The van der Waals surface area contributed by atoms with Crippen LogP contribution in [0.2, 0.25) is 0 Å². The largest absolute Gasteiger partial charge is 0.326 e. The Morgan fingerprint density at radius 3 is 2.61 bits per heavy atom. The van der Waals surface area contributed by atoms with Gasteiger partial charge >= 0.3 is 0 Å². The van der Waals surface area contributed by atoms with Crippen molar-refractivity contribution >= 4 is 23.4 Å². The number of aryl methyl sites for hydroxylation is 2. The minimum Gasteiger partial charge on any atom is -0.326 e. The molecule has 3 nitrogen and oxygen atoms in total. The second kappa shape index (κ2) is 8.18. The third-order valence-corrected chi connectivity index (χ3v) is 4.63. The Morgan fingerprint density at radius 2 is 1.91 bits per heavy atom. The number of carbonyl (C=O) groups excluding carboxylic acids is 1. The zero-order valence-electron chi connectivity index (χ0n) is 14.3. The van der Waals surface area contributed by atoms with E-state index in [1.807, 2.05) is 30.5 Å². The van der Waals surface area contributed by atoms with Crippen LogP contribution in [0.3, 0.4) is 0 Å². The molecule has 2 rings (SSSR count).